The van der Waals surface area contributed by atoms with E-state index in [4.69, 9.17) is 28.4 Å². The highest BCUT2D eigenvalue weighted by Gasteiger charge is 2.70. The van der Waals surface area contributed by atoms with Gasteiger partial charge in [0.15, 0.2) is 0 Å². The summed E-state index contributed by atoms with van der Waals surface area (Å²) < 4.78 is 35.1. The van der Waals surface area contributed by atoms with Crippen LogP contribution < -0.4 is 28.4 Å². The summed E-state index contributed by atoms with van der Waals surface area (Å²) >= 11 is 0. The summed E-state index contributed by atoms with van der Waals surface area (Å²) in [5, 5.41) is 0. The first kappa shape index (κ1) is 22.0. The molecule has 6 nitrogen and oxygen atoms in total. The van der Waals surface area contributed by atoms with Gasteiger partial charge in [0.1, 0.15) is 34.5 Å². The molecule has 0 aliphatic heterocycles. The highest BCUT2D eigenvalue weighted by molar-refractivity contribution is 5.78. The molecule has 3 aromatic carbocycles. The van der Waals surface area contributed by atoms with Crippen LogP contribution in [0.4, 0.5) is 0 Å². The molecule has 0 aromatic heterocycles. The van der Waals surface area contributed by atoms with Gasteiger partial charge in [0.25, 0.3) is 0 Å². The molecule has 35 heavy (non-hydrogen) atoms. The Morgan fingerprint density at radius 1 is 0.457 bits per heavy atom. The molecule has 6 rings (SSSR count). The lowest BCUT2D eigenvalue weighted by molar-refractivity contribution is 0.245. The molecule has 182 valence electrons. The van der Waals surface area contributed by atoms with Crippen molar-refractivity contribution in [1.82, 2.24) is 0 Å². The van der Waals surface area contributed by atoms with Crippen molar-refractivity contribution in [2.75, 3.05) is 42.7 Å². The summed E-state index contributed by atoms with van der Waals surface area (Å²) in [5.74, 6) is 4.86. The Balaban J connectivity index is 1.80. The molecule has 6 heteroatoms. The van der Waals surface area contributed by atoms with Gasteiger partial charge in [0, 0.05) is 40.3 Å². The zero-order chi connectivity index (χ0) is 24.5. The van der Waals surface area contributed by atoms with Gasteiger partial charge in [-0.3, -0.25) is 0 Å². The molecule has 0 atom stereocenters. The molecule has 0 unspecified atom stereocenters. The fourth-order valence-corrected chi connectivity index (χ4v) is 7.32. The van der Waals surface area contributed by atoms with E-state index < -0.39 is 5.41 Å². The van der Waals surface area contributed by atoms with Crippen molar-refractivity contribution >= 4 is 0 Å². The van der Waals surface area contributed by atoms with Crippen molar-refractivity contribution in [1.29, 1.82) is 0 Å². The van der Waals surface area contributed by atoms with Crippen LogP contribution in [0.15, 0.2) is 36.4 Å². The lowest BCUT2D eigenvalue weighted by Crippen LogP contribution is -2.38. The molecule has 0 fully saturated rings. The summed E-state index contributed by atoms with van der Waals surface area (Å²) in [5.41, 5.74) is 6.61. The van der Waals surface area contributed by atoms with Crippen LogP contribution in [0, 0.1) is 5.41 Å². The van der Waals surface area contributed by atoms with E-state index in [9.17, 15) is 0 Å². The number of rotatable bonds is 6. The Morgan fingerprint density at radius 3 is 1.03 bits per heavy atom. The van der Waals surface area contributed by atoms with Crippen LogP contribution in [-0.2, 0) is 24.7 Å². The maximum atomic E-state index is 6.06. The third kappa shape index (κ3) is 2.54. The van der Waals surface area contributed by atoms with Crippen molar-refractivity contribution in [3.63, 3.8) is 0 Å². The Hall–Kier alpha value is -3.54. The summed E-state index contributed by atoms with van der Waals surface area (Å²) in [6.07, 6.45) is 2.66. The highest BCUT2D eigenvalue weighted by Crippen LogP contribution is 2.74. The number of benzene rings is 3. The third-order valence-corrected chi connectivity index (χ3v) is 8.35. The first-order valence-corrected chi connectivity index (χ1v) is 11.8. The van der Waals surface area contributed by atoms with Crippen LogP contribution in [0.1, 0.15) is 33.4 Å². The van der Waals surface area contributed by atoms with Gasteiger partial charge in [-0.05, 0) is 54.2 Å². The fourth-order valence-electron chi connectivity index (χ4n) is 7.32. The van der Waals surface area contributed by atoms with Crippen LogP contribution in [-0.4, -0.2) is 42.7 Å². The van der Waals surface area contributed by atoms with E-state index in [1.165, 1.54) is 33.4 Å². The first-order chi connectivity index (χ1) is 17.0. The van der Waals surface area contributed by atoms with E-state index in [1.807, 2.05) is 18.2 Å². The molecule has 0 radical (unpaired) electrons. The van der Waals surface area contributed by atoms with E-state index in [-0.39, 0.29) is 5.41 Å². The van der Waals surface area contributed by atoms with Gasteiger partial charge in [-0.25, -0.2) is 0 Å². The quantitative estimate of drug-likeness (QED) is 0.515. The number of hydrogen-bond acceptors (Lipinski definition) is 6. The predicted molar refractivity (Wildman–Crippen MR) is 132 cm³/mol. The van der Waals surface area contributed by atoms with Gasteiger partial charge in [0.05, 0.1) is 48.1 Å². The maximum Gasteiger partial charge on any atom is 0.127 e. The van der Waals surface area contributed by atoms with Gasteiger partial charge in [-0.1, -0.05) is 0 Å². The topological polar surface area (TPSA) is 55.4 Å². The second-order valence-corrected chi connectivity index (χ2v) is 9.65. The molecule has 0 saturated heterocycles. The molecule has 0 spiro atoms. The highest BCUT2D eigenvalue weighted by atomic mass is 16.5. The number of hydrogen-bond donors (Lipinski definition) is 0. The van der Waals surface area contributed by atoms with E-state index in [0.29, 0.717) is 0 Å². The summed E-state index contributed by atoms with van der Waals surface area (Å²) in [6, 6.07) is 12.5. The average molecular weight is 475 g/mol. The predicted octanol–water partition coefficient (Wildman–Crippen LogP) is 4.73. The van der Waals surface area contributed by atoms with E-state index in [1.54, 1.807) is 42.7 Å². The SMILES string of the molecule is COc1cc2c(c(OC)c1)C13c4c(cc(OC)cc4OC)CC1(C2)Cc1cc(OC)cc(OC)c13. The Kier molecular flexibility index (Phi) is 4.69. The molecule has 3 aliphatic rings. The van der Waals surface area contributed by atoms with Gasteiger partial charge in [0.2, 0.25) is 0 Å². The third-order valence-electron chi connectivity index (χ3n) is 8.35. The van der Waals surface area contributed by atoms with E-state index in [0.717, 1.165) is 53.8 Å². The fraction of sp³-hybridized carbons (Fsp3) is 0.379. The van der Waals surface area contributed by atoms with Crippen LogP contribution in [0.2, 0.25) is 0 Å². The Morgan fingerprint density at radius 2 is 0.771 bits per heavy atom. The summed E-state index contributed by atoms with van der Waals surface area (Å²) in [4.78, 5) is 0. The summed E-state index contributed by atoms with van der Waals surface area (Å²) in [7, 11) is 10.3. The van der Waals surface area contributed by atoms with Crippen molar-refractivity contribution < 1.29 is 28.4 Å². The van der Waals surface area contributed by atoms with Crippen molar-refractivity contribution in [3.05, 3.63) is 69.8 Å². The zero-order valence-electron chi connectivity index (χ0n) is 21.0. The minimum absolute atomic E-state index is 0.140. The van der Waals surface area contributed by atoms with Gasteiger partial charge in [-0.15, -0.1) is 0 Å². The van der Waals surface area contributed by atoms with E-state index in [2.05, 4.69) is 18.2 Å². The number of fused-ring (bicyclic) bond motifs is 3. The number of ether oxygens (including phenoxy) is 6. The molecule has 0 bridgehead atoms. The minimum Gasteiger partial charge on any atom is -0.497 e. The van der Waals surface area contributed by atoms with Gasteiger partial charge >= 0.3 is 0 Å². The van der Waals surface area contributed by atoms with Crippen LogP contribution in [0.5, 0.6) is 34.5 Å². The molecule has 0 amide bonds. The molecule has 3 aromatic rings. The Labute approximate surface area is 205 Å². The second-order valence-electron chi connectivity index (χ2n) is 9.65. The average Bonchev–Trinajstić information content (AvgIpc) is 3.41. The van der Waals surface area contributed by atoms with Gasteiger partial charge in [-0.2, -0.15) is 0 Å². The molecular formula is C29H30O6. The van der Waals surface area contributed by atoms with Gasteiger partial charge < -0.3 is 28.4 Å². The maximum absolute atomic E-state index is 6.06. The van der Waals surface area contributed by atoms with Crippen molar-refractivity contribution in [3.8, 4) is 34.5 Å². The smallest absolute Gasteiger partial charge is 0.127 e. The van der Waals surface area contributed by atoms with E-state index >= 15 is 0 Å². The lowest BCUT2D eigenvalue weighted by atomic mass is 9.63. The molecule has 3 aliphatic carbocycles. The normalized spacial score (nSPS) is 22.5. The van der Waals surface area contributed by atoms with Crippen LogP contribution in [0.25, 0.3) is 0 Å². The molecule has 0 N–H and O–H groups in total. The Bertz CT molecular complexity index is 1200. The van der Waals surface area contributed by atoms with Crippen LogP contribution in [0.3, 0.4) is 0 Å². The monoisotopic (exact) mass is 474 g/mol. The summed E-state index contributed by atoms with van der Waals surface area (Å²) in [6.45, 7) is 0. The van der Waals surface area contributed by atoms with Crippen molar-refractivity contribution in [2.45, 2.75) is 24.7 Å². The molecule has 0 saturated carbocycles. The zero-order valence-corrected chi connectivity index (χ0v) is 21.0. The molecular weight excluding hydrogens is 444 g/mol. The largest absolute Gasteiger partial charge is 0.497 e. The lowest BCUT2D eigenvalue weighted by Gasteiger charge is -2.38. The number of methoxy groups -OCH3 is 6. The van der Waals surface area contributed by atoms with Crippen LogP contribution >= 0.6 is 0 Å². The minimum atomic E-state index is -0.500. The molecule has 0 heterocycles. The first-order valence-electron chi connectivity index (χ1n) is 11.8. The second kappa shape index (κ2) is 7.48. The van der Waals surface area contributed by atoms with Crippen molar-refractivity contribution in [2.24, 2.45) is 5.41 Å². The standard InChI is InChI=1S/C29H30O6/c1-30-19-7-16-13-28-14-17-8-20(31-2)11-23(34-5)26(17)29(28,25(16)22(10-19)33-4)27-18(15-28)9-21(32-3)12-24(27)35-6/h7-12H,13-15H2,1-6H3.